The molecule has 3 aromatic rings. The molecule has 11 heteroatoms. The van der Waals surface area contributed by atoms with Gasteiger partial charge in [0, 0.05) is 11.9 Å². The lowest BCUT2D eigenvalue weighted by atomic mass is 10.2. The van der Waals surface area contributed by atoms with E-state index in [4.69, 9.17) is 4.74 Å². The van der Waals surface area contributed by atoms with Crippen molar-refractivity contribution < 1.29 is 31.1 Å². The quantitative estimate of drug-likeness (QED) is 0.636. The van der Waals surface area contributed by atoms with Crippen molar-refractivity contribution in [2.45, 2.75) is 11.1 Å². The van der Waals surface area contributed by atoms with Gasteiger partial charge in [-0.3, -0.25) is 14.1 Å². The number of halogens is 3. The maximum Gasteiger partial charge on any atom is 0.416 e. The molecular weight excluding hydrogens is 447 g/mol. The zero-order valence-electron chi connectivity index (χ0n) is 16.3. The number of sulfonamides is 1. The van der Waals surface area contributed by atoms with Crippen LogP contribution in [-0.4, -0.2) is 32.5 Å². The molecule has 0 unspecified atom stereocenters. The zero-order valence-corrected chi connectivity index (χ0v) is 17.2. The molecule has 0 aliphatic carbocycles. The molecule has 7 nitrogen and oxygen atoms in total. The predicted octanol–water partition coefficient (Wildman–Crippen LogP) is 3.94. The largest absolute Gasteiger partial charge is 0.490 e. The lowest BCUT2D eigenvalue weighted by Crippen LogP contribution is -2.32. The Morgan fingerprint density at radius 3 is 2.47 bits per heavy atom. The van der Waals surface area contributed by atoms with Crippen LogP contribution in [-0.2, 0) is 16.2 Å². The number of hydrogen-bond acceptors (Lipinski definition) is 5. The monoisotopic (exact) mass is 463 g/mol. The highest BCUT2D eigenvalue weighted by Gasteiger charge is 2.33. The highest BCUT2D eigenvalue weighted by atomic mass is 32.2. The molecule has 0 fully saturated rings. The summed E-state index contributed by atoms with van der Waals surface area (Å²) in [5.74, 6) is -0.452. The number of benzene rings is 2. The molecule has 0 saturated carbocycles. The first-order chi connectivity index (χ1) is 15.2. The van der Waals surface area contributed by atoms with Crippen molar-refractivity contribution in [2.75, 3.05) is 22.8 Å². The van der Waals surface area contributed by atoms with Crippen LogP contribution < -0.4 is 14.4 Å². The van der Waals surface area contributed by atoms with E-state index in [1.54, 1.807) is 12.1 Å². The molecular formula is C21H16F3N3O4S. The van der Waals surface area contributed by atoms with Crippen molar-refractivity contribution in [3.05, 3.63) is 78.1 Å². The van der Waals surface area contributed by atoms with Crippen molar-refractivity contribution in [2.24, 2.45) is 0 Å². The second-order valence-corrected chi connectivity index (χ2v) is 8.63. The van der Waals surface area contributed by atoms with Gasteiger partial charge in [-0.25, -0.2) is 8.42 Å². The van der Waals surface area contributed by atoms with Crippen LogP contribution in [0.1, 0.15) is 16.1 Å². The molecule has 0 radical (unpaired) electrons. The third kappa shape index (κ3) is 4.24. The predicted molar refractivity (Wildman–Crippen MR) is 110 cm³/mol. The fourth-order valence-corrected chi connectivity index (χ4v) is 4.77. The van der Waals surface area contributed by atoms with Crippen LogP contribution in [0.3, 0.4) is 0 Å². The summed E-state index contributed by atoms with van der Waals surface area (Å²) in [6, 6.07) is 12.8. The van der Waals surface area contributed by atoms with Crippen LogP contribution in [0, 0.1) is 0 Å². The number of carbonyl (C=O) groups excluding carboxylic acids is 1. The number of pyridine rings is 1. The second-order valence-electron chi connectivity index (χ2n) is 6.80. The Hall–Kier alpha value is -3.60. The van der Waals surface area contributed by atoms with E-state index in [0.717, 1.165) is 28.6 Å². The molecule has 0 atom stereocenters. The van der Waals surface area contributed by atoms with Gasteiger partial charge in [0.25, 0.3) is 15.9 Å². The number of nitrogens with one attached hydrogen (secondary N) is 1. The van der Waals surface area contributed by atoms with Crippen molar-refractivity contribution in [3.63, 3.8) is 0 Å². The van der Waals surface area contributed by atoms with Crippen LogP contribution in [0.15, 0.2) is 71.8 Å². The van der Waals surface area contributed by atoms with Gasteiger partial charge < -0.3 is 10.1 Å². The van der Waals surface area contributed by atoms with Crippen molar-refractivity contribution >= 4 is 27.3 Å². The van der Waals surface area contributed by atoms with E-state index >= 15 is 0 Å². The highest BCUT2D eigenvalue weighted by Crippen LogP contribution is 2.36. The maximum atomic E-state index is 13.3. The minimum atomic E-state index is -4.54. The minimum absolute atomic E-state index is 0.00705. The van der Waals surface area contributed by atoms with Crippen LogP contribution in [0.5, 0.6) is 5.75 Å². The molecule has 1 aromatic heterocycles. The second kappa shape index (κ2) is 8.15. The van der Waals surface area contributed by atoms with Crippen molar-refractivity contribution in [1.82, 2.24) is 4.98 Å². The van der Waals surface area contributed by atoms with Gasteiger partial charge in [0.05, 0.1) is 17.8 Å². The normalized spacial score (nSPS) is 15.3. The molecule has 4 rings (SSSR count). The van der Waals surface area contributed by atoms with E-state index in [2.05, 4.69) is 10.3 Å². The number of anilines is 2. The van der Waals surface area contributed by atoms with E-state index < -0.39 is 27.7 Å². The smallest absolute Gasteiger partial charge is 0.416 e. The Morgan fingerprint density at radius 1 is 1.06 bits per heavy atom. The first-order valence-corrected chi connectivity index (χ1v) is 10.8. The Labute approximate surface area is 181 Å². The molecule has 2 heterocycles. The number of fused-ring (bicyclic) bond motifs is 1. The standard InChI is InChI=1S/C21H16F3N3O4S/c22-21(23,24)14-4-7-16(8-5-14)27-11-12-31-18-9-6-15(13-19(18)32(27,29)30)26-20(28)17-3-1-2-10-25-17/h1-10,13H,11-12H2,(H,26,28). The third-order valence-electron chi connectivity index (χ3n) is 4.70. The summed E-state index contributed by atoms with van der Waals surface area (Å²) in [7, 11) is -4.18. The average molecular weight is 463 g/mol. The summed E-state index contributed by atoms with van der Waals surface area (Å²) in [6.07, 6.45) is -3.08. The summed E-state index contributed by atoms with van der Waals surface area (Å²) < 4.78 is 71.7. The third-order valence-corrected chi connectivity index (χ3v) is 6.55. The van der Waals surface area contributed by atoms with Gasteiger partial charge in [-0.1, -0.05) is 6.07 Å². The Bertz CT molecular complexity index is 1250. The van der Waals surface area contributed by atoms with Gasteiger partial charge in [-0.15, -0.1) is 0 Å². The number of amides is 1. The van der Waals surface area contributed by atoms with Crippen molar-refractivity contribution in [1.29, 1.82) is 0 Å². The van der Waals surface area contributed by atoms with E-state index in [1.807, 2.05) is 0 Å². The number of hydrogen-bond donors (Lipinski definition) is 1. The average Bonchev–Trinajstić information content (AvgIpc) is 2.89. The van der Waals surface area contributed by atoms with Gasteiger partial charge in [-0.05, 0) is 54.6 Å². The molecule has 0 spiro atoms. The lowest BCUT2D eigenvalue weighted by Gasteiger charge is -2.22. The number of nitrogens with zero attached hydrogens (tertiary/aromatic N) is 2. The number of rotatable bonds is 3. The van der Waals surface area contributed by atoms with Crippen LogP contribution in [0.4, 0.5) is 24.5 Å². The first kappa shape index (κ1) is 21.6. The van der Waals surface area contributed by atoms with Gasteiger partial charge >= 0.3 is 6.18 Å². The minimum Gasteiger partial charge on any atom is -0.490 e. The zero-order chi connectivity index (χ0) is 22.9. The number of ether oxygens (including phenoxy) is 1. The van der Waals surface area contributed by atoms with Crippen molar-refractivity contribution in [3.8, 4) is 5.75 Å². The molecule has 0 saturated heterocycles. The van der Waals surface area contributed by atoms with Gasteiger partial charge in [0.15, 0.2) is 0 Å². The summed E-state index contributed by atoms with van der Waals surface area (Å²) in [5, 5.41) is 2.58. The summed E-state index contributed by atoms with van der Waals surface area (Å²) in [6.45, 7) is -0.106. The molecule has 1 N–H and O–H groups in total. The molecule has 1 aliphatic rings. The molecule has 0 bridgehead atoms. The van der Waals surface area contributed by atoms with Gasteiger partial charge in [-0.2, -0.15) is 13.2 Å². The molecule has 166 valence electrons. The SMILES string of the molecule is O=C(Nc1ccc2c(c1)S(=O)(=O)N(c1ccc(C(F)(F)F)cc1)CCO2)c1ccccn1. The molecule has 32 heavy (non-hydrogen) atoms. The van der Waals surface area contributed by atoms with E-state index in [0.29, 0.717) is 0 Å². The van der Waals surface area contributed by atoms with E-state index in [1.165, 1.54) is 30.5 Å². The fourth-order valence-electron chi connectivity index (χ4n) is 3.16. The van der Waals surface area contributed by atoms with Crippen LogP contribution in [0.2, 0.25) is 0 Å². The Kier molecular flexibility index (Phi) is 5.51. The Morgan fingerprint density at radius 2 is 1.81 bits per heavy atom. The maximum absolute atomic E-state index is 13.3. The number of carbonyl (C=O) groups is 1. The summed E-state index contributed by atoms with van der Waals surface area (Å²) >= 11 is 0. The molecule has 1 amide bonds. The number of aromatic nitrogens is 1. The lowest BCUT2D eigenvalue weighted by molar-refractivity contribution is -0.137. The van der Waals surface area contributed by atoms with E-state index in [-0.39, 0.29) is 40.9 Å². The Balaban J connectivity index is 1.66. The summed E-state index contributed by atoms with van der Waals surface area (Å²) in [4.78, 5) is 16.1. The topological polar surface area (TPSA) is 88.6 Å². The molecule has 2 aromatic carbocycles. The van der Waals surface area contributed by atoms with Gasteiger partial charge in [0.1, 0.15) is 22.9 Å². The van der Waals surface area contributed by atoms with Gasteiger partial charge in [0.2, 0.25) is 0 Å². The fraction of sp³-hybridized carbons (Fsp3) is 0.143. The molecule has 1 aliphatic heterocycles. The first-order valence-electron chi connectivity index (χ1n) is 9.35. The van der Waals surface area contributed by atoms with E-state index in [9.17, 15) is 26.4 Å². The highest BCUT2D eigenvalue weighted by molar-refractivity contribution is 7.93. The number of alkyl halides is 3. The van der Waals surface area contributed by atoms with Crippen LogP contribution >= 0.6 is 0 Å². The summed E-state index contributed by atoms with van der Waals surface area (Å²) in [5.41, 5.74) is -0.476. The van der Waals surface area contributed by atoms with Crippen LogP contribution in [0.25, 0.3) is 0 Å².